The number of ether oxygens (including phenoxy) is 1. The van der Waals surface area contributed by atoms with Crippen LogP contribution in [0.5, 0.6) is 0 Å². The topological polar surface area (TPSA) is 32.7 Å². The van der Waals surface area contributed by atoms with Crippen molar-refractivity contribution < 1.29 is 9.84 Å². The van der Waals surface area contributed by atoms with Crippen LogP contribution in [0.2, 0.25) is 0 Å². The van der Waals surface area contributed by atoms with Crippen LogP contribution in [-0.2, 0) is 10.2 Å². The fraction of sp³-hybridized carbons (Fsp3) is 0.625. The Kier molecular flexibility index (Phi) is 6.49. The van der Waals surface area contributed by atoms with Crippen LogP contribution >= 0.6 is 0 Å². The third kappa shape index (κ3) is 5.31. The van der Waals surface area contributed by atoms with Crippen LogP contribution in [-0.4, -0.2) is 49.5 Å². The maximum absolute atomic E-state index is 9.74. The Morgan fingerprint density at radius 3 is 2.42 bits per heavy atom. The Balaban J connectivity index is 2.56. The fourth-order valence-corrected chi connectivity index (χ4v) is 2.19. The number of rotatable bonds is 8. The van der Waals surface area contributed by atoms with E-state index in [1.807, 2.05) is 32.0 Å². The highest BCUT2D eigenvalue weighted by atomic mass is 16.5. The highest BCUT2D eigenvalue weighted by Crippen LogP contribution is 2.23. The van der Waals surface area contributed by atoms with Gasteiger partial charge in [0.25, 0.3) is 0 Å². The molecule has 1 unspecified atom stereocenters. The van der Waals surface area contributed by atoms with Crippen LogP contribution in [0.25, 0.3) is 0 Å². The normalized spacial score (nSPS) is 14.9. The van der Waals surface area contributed by atoms with Crippen molar-refractivity contribution in [3.63, 3.8) is 0 Å². The second-order valence-corrected chi connectivity index (χ2v) is 5.74. The van der Waals surface area contributed by atoms with E-state index in [4.69, 9.17) is 4.74 Å². The summed E-state index contributed by atoms with van der Waals surface area (Å²) in [6, 6.07) is 10.2. The molecule has 3 nitrogen and oxygen atoms in total. The minimum atomic E-state index is -0.228. The van der Waals surface area contributed by atoms with Gasteiger partial charge in [-0.15, -0.1) is 0 Å². The standard InChI is InChI=1S/C16H27NO2/c1-14(2)19-11-10-17(4)12-16(3,13-18)15-8-6-5-7-9-15/h5-9,14,18H,10-13H2,1-4H3. The number of benzene rings is 1. The number of hydrogen-bond acceptors (Lipinski definition) is 3. The first-order chi connectivity index (χ1) is 8.98. The summed E-state index contributed by atoms with van der Waals surface area (Å²) in [4.78, 5) is 2.21. The molecule has 1 rings (SSSR count). The van der Waals surface area contributed by atoms with Crippen LogP contribution in [0.4, 0.5) is 0 Å². The summed E-state index contributed by atoms with van der Waals surface area (Å²) in [6.45, 7) is 8.75. The van der Waals surface area contributed by atoms with Gasteiger partial charge in [-0.3, -0.25) is 0 Å². The molecule has 0 aliphatic rings. The van der Waals surface area contributed by atoms with Gasteiger partial charge in [-0.25, -0.2) is 0 Å². The van der Waals surface area contributed by atoms with Crippen molar-refractivity contribution in [3.8, 4) is 0 Å². The third-order valence-corrected chi connectivity index (χ3v) is 3.36. The molecule has 1 aromatic rings. The SMILES string of the molecule is CC(C)OCCN(C)CC(C)(CO)c1ccccc1. The average molecular weight is 265 g/mol. The Labute approximate surface area is 117 Å². The van der Waals surface area contributed by atoms with Crippen molar-refractivity contribution in [2.24, 2.45) is 0 Å². The van der Waals surface area contributed by atoms with E-state index in [2.05, 4.69) is 31.0 Å². The van der Waals surface area contributed by atoms with Gasteiger partial charge < -0.3 is 14.7 Å². The first-order valence-electron chi connectivity index (χ1n) is 6.94. The first-order valence-corrected chi connectivity index (χ1v) is 6.94. The molecule has 1 aromatic carbocycles. The van der Waals surface area contributed by atoms with Crippen LogP contribution in [0.3, 0.4) is 0 Å². The van der Waals surface area contributed by atoms with Gasteiger partial charge in [-0.2, -0.15) is 0 Å². The number of nitrogens with zero attached hydrogens (tertiary/aromatic N) is 1. The maximum Gasteiger partial charge on any atom is 0.0596 e. The quantitative estimate of drug-likeness (QED) is 0.783. The second-order valence-electron chi connectivity index (χ2n) is 5.74. The van der Waals surface area contributed by atoms with E-state index in [9.17, 15) is 5.11 Å². The van der Waals surface area contributed by atoms with E-state index >= 15 is 0 Å². The summed E-state index contributed by atoms with van der Waals surface area (Å²) in [7, 11) is 2.07. The van der Waals surface area contributed by atoms with Crippen LogP contribution in [0.15, 0.2) is 30.3 Å². The fourth-order valence-electron chi connectivity index (χ4n) is 2.19. The molecule has 0 aliphatic carbocycles. The van der Waals surface area contributed by atoms with E-state index < -0.39 is 0 Å². The smallest absolute Gasteiger partial charge is 0.0596 e. The third-order valence-electron chi connectivity index (χ3n) is 3.36. The van der Waals surface area contributed by atoms with Gasteiger partial charge in [0, 0.05) is 18.5 Å². The molecule has 3 heteroatoms. The molecule has 0 aromatic heterocycles. The molecule has 0 bridgehead atoms. The lowest BCUT2D eigenvalue weighted by Gasteiger charge is -2.32. The predicted molar refractivity (Wildman–Crippen MR) is 79.5 cm³/mol. The van der Waals surface area contributed by atoms with Crippen LogP contribution in [0, 0.1) is 0 Å². The zero-order valence-corrected chi connectivity index (χ0v) is 12.6. The van der Waals surface area contributed by atoms with Gasteiger partial charge in [0.2, 0.25) is 0 Å². The Hall–Kier alpha value is -0.900. The van der Waals surface area contributed by atoms with E-state index in [1.165, 1.54) is 5.56 Å². The van der Waals surface area contributed by atoms with Gasteiger partial charge in [0.05, 0.1) is 19.3 Å². The molecule has 1 N–H and O–H groups in total. The van der Waals surface area contributed by atoms with Gasteiger partial charge in [0.15, 0.2) is 0 Å². The summed E-state index contributed by atoms with van der Waals surface area (Å²) in [5, 5.41) is 9.74. The van der Waals surface area contributed by atoms with Crippen molar-refractivity contribution in [1.82, 2.24) is 4.90 Å². The molecule has 0 radical (unpaired) electrons. The molecular formula is C16H27NO2. The lowest BCUT2D eigenvalue weighted by molar-refractivity contribution is 0.0566. The monoisotopic (exact) mass is 265 g/mol. The molecule has 108 valence electrons. The first kappa shape index (κ1) is 16.2. The van der Waals surface area contributed by atoms with E-state index in [0.717, 1.165) is 19.7 Å². The van der Waals surface area contributed by atoms with Crippen molar-refractivity contribution in [2.75, 3.05) is 33.4 Å². The van der Waals surface area contributed by atoms with Gasteiger partial charge in [-0.1, -0.05) is 37.3 Å². The highest BCUT2D eigenvalue weighted by molar-refractivity contribution is 5.25. The largest absolute Gasteiger partial charge is 0.395 e. The summed E-state index contributed by atoms with van der Waals surface area (Å²) < 4.78 is 5.56. The van der Waals surface area contributed by atoms with E-state index in [1.54, 1.807) is 0 Å². The van der Waals surface area contributed by atoms with Crippen molar-refractivity contribution in [2.45, 2.75) is 32.3 Å². The summed E-state index contributed by atoms with van der Waals surface area (Å²) >= 11 is 0. The number of hydrogen-bond donors (Lipinski definition) is 1. The molecule has 0 saturated carbocycles. The van der Waals surface area contributed by atoms with Crippen molar-refractivity contribution in [1.29, 1.82) is 0 Å². The molecule has 0 spiro atoms. The predicted octanol–water partition coefficient (Wildman–Crippen LogP) is 2.29. The molecule has 0 saturated heterocycles. The van der Waals surface area contributed by atoms with Gasteiger partial charge in [-0.05, 0) is 26.5 Å². The second kappa shape index (κ2) is 7.63. The Bertz CT molecular complexity index is 353. The zero-order chi connectivity index (χ0) is 14.3. The molecule has 0 aliphatic heterocycles. The van der Waals surface area contributed by atoms with Crippen LogP contribution in [0.1, 0.15) is 26.3 Å². The molecule has 1 atom stereocenters. The summed E-state index contributed by atoms with van der Waals surface area (Å²) in [5.74, 6) is 0. The Morgan fingerprint density at radius 1 is 1.26 bits per heavy atom. The summed E-state index contributed by atoms with van der Waals surface area (Å²) in [6.07, 6.45) is 0.270. The summed E-state index contributed by atoms with van der Waals surface area (Å²) in [5.41, 5.74) is 0.947. The molecular weight excluding hydrogens is 238 g/mol. The van der Waals surface area contributed by atoms with Crippen molar-refractivity contribution >= 4 is 0 Å². The molecule has 0 amide bonds. The molecule has 0 fully saturated rings. The van der Waals surface area contributed by atoms with Gasteiger partial charge >= 0.3 is 0 Å². The minimum Gasteiger partial charge on any atom is -0.395 e. The van der Waals surface area contributed by atoms with E-state index in [0.29, 0.717) is 0 Å². The lowest BCUT2D eigenvalue weighted by Crippen LogP contribution is -2.41. The zero-order valence-electron chi connectivity index (χ0n) is 12.6. The maximum atomic E-state index is 9.74. The molecule has 0 heterocycles. The van der Waals surface area contributed by atoms with Crippen LogP contribution < -0.4 is 0 Å². The highest BCUT2D eigenvalue weighted by Gasteiger charge is 2.27. The number of likely N-dealkylation sites (N-methyl/N-ethyl adjacent to an activating group) is 1. The van der Waals surface area contributed by atoms with E-state index in [-0.39, 0.29) is 18.1 Å². The van der Waals surface area contributed by atoms with Crippen molar-refractivity contribution in [3.05, 3.63) is 35.9 Å². The lowest BCUT2D eigenvalue weighted by atomic mass is 9.83. The average Bonchev–Trinajstić information content (AvgIpc) is 2.39. The minimum absolute atomic E-state index is 0.145. The van der Waals surface area contributed by atoms with Gasteiger partial charge in [0.1, 0.15) is 0 Å². The molecule has 19 heavy (non-hydrogen) atoms. The Morgan fingerprint density at radius 2 is 1.89 bits per heavy atom. The number of aliphatic hydroxyl groups is 1. The number of aliphatic hydroxyl groups excluding tert-OH is 1.